The molecule has 5 aromatic carbocycles. The lowest BCUT2D eigenvalue weighted by molar-refractivity contribution is 0.0626. The van der Waals surface area contributed by atoms with Crippen molar-refractivity contribution in [3.05, 3.63) is 133 Å². The minimum Gasteiger partial charge on any atom is -0.491 e. The van der Waals surface area contributed by atoms with Crippen LogP contribution in [0.15, 0.2) is 147 Å². The van der Waals surface area contributed by atoms with Crippen LogP contribution in [0.5, 0.6) is 23.0 Å². The van der Waals surface area contributed by atoms with Gasteiger partial charge in [0.1, 0.15) is 48.9 Å². The van der Waals surface area contributed by atoms with Crippen molar-refractivity contribution in [2.75, 3.05) is 13.2 Å². The lowest BCUT2D eigenvalue weighted by atomic mass is 10.2. The van der Waals surface area contributed by atoms with E-state index in [1.165, 1.54) is 72.8 Å². The molecule has 0 heterocycles. The van der Waals surface area contributed by atoms with E-state index in [-0.39, 0.29) is 38.9 Å². The van der Waals surface area contributed by atoms with E-state index in [1.807, 2.05) is 44.2 Å². The van der Waals surface area contributed by atoms with E-state index in [2.05, 4.69) is 0 Å². The van der Waals surface area contributed by atoms with Gasteiger partial charge in [-0.05, 0) is 116 Å². The molecule has 5 aromatic rings. The van der Waals surface area contributed by atoms with E-state index in [9.17, 15) is 21.9 Å². The Labute approximate surface area is 281 Å². The smallest absolute Gasteiger partial charge is 0.206 e. The van der Waals surface area contributed by atoms with Crippen molar-refractivity contribution >= 4 is 19.7 Å². The third kappa shape index (κ3) is 8.94. The number of hydrogen-bond donors (Lipinski definition) is 1. The van der Waals surface area contributed by atoms with Crippen LogP contribution in [0.3, 0.4) is 0 Å². The molecule has 0 saturated carbocycles. The van der Waals surface area contributed by atoms with Crippen molar-refractivity contribution in [1.29, 1.82) is 0 Å². The van der Waals surface area contributed by atoms with Gasteiger partial charge in [-0.3, -0.25) is 0 Å². The van der Waals surface area contributed by atoms with Crippen LogP contribution in [-0.4, -0.2) is 47.4 Å². The van der Waals surface area contributed by atoms with E-state index in [1.54, 1.807) is 24.3 Å². The van der Waals surface area contributed by atoms with Crippen molar-refractivity contribution in [3.8, 4) is 23.0 Å². The average Bonchev–Trinajstić information content (AvgIpc) is 3.10. The topological polar surface area (TPSA) is 125 Å². The Balaban J connectivity index is 1.09. The predicted octanol–water partition coefficient (Wildman–Crippen LogP) is 6.54. The SMILES string of the molecule is CC(C)Oc1ccc(S(=O)(=O)c2ccc(OCC(O)COc3ccc(S(=O)(=O)c4ccc(OCc5ccccc5)cc4)cc3)cc2)cc1. The summed E-state index contributed by atoms with van der Waals surface area (Å²) in [5.74, 6) is 1.89. The molecule has 0 radical (unpaired) electrons. The largest absolute Gasteiger partial charge is 0.491 e. The van der Waals surface area contributed by atoms with Crippen LogP contribution in [0.2, 0.25) is 0 Å². The van der Waals surface area contributed by atoms with E-state index in [0.717, 1.165) is 5.56 Å². The van der Waals surface area contributed by atoms with E-state index >= 15 is 0 Å². The van der Waals surface area contributed by atoms with Crippen molar-refractivity contribution in [3.63, 3.8) is 0 Å². The Kier molecular flexibility index (Phi) is 11.0. The zero-order chi connectivity index (χ0) is 34.1. The molecule has 1 unspecified atom stereocenters. The fraction of sp³-hybridized carbons (Fsp3) is 0.189. The van der Waals surface area contributed by atoms with E-state index in [4.69, 9.17) is 18.9 Å². The highest BCUT2D eigenvalue weighted by atomic mass is 32.2. The first kappa shape index (κ1) is 34.5. The molecule has 11 heteroatoms. The van der Waals surface area contributed by atoms with Crippen molar-refractivity contribution in [2.24, 2.45) is 0 Å². The normalized spacial score (nSPS) is 12.3. The third-order valence-corrected chi connectivity index (χ3v) is 10.6. The summed E-state index contributed by atoms with van der Waals surface area (Å²) in [5.41, 5.74) is 1.01. The highest BCUT2D eigenvalue weighted by Gasteiger charge is 2.19. The van der Waals surface area contributed by atoms with Gasteiger partial charge < -0.3 is 24.1 Å². The summed E-state index contributed by atoms with van der Waals surface area (Å²) in [7, 11) is -7.50. The number of hydrogen-bond acceptors (Lipinski definition) is 9. The summed E-state index contributed by atoms with van der Waals surface area (Å²) in [6, 6.07) is 34.0. The maximum absolute atomic E-state index is 13.1. The number of ether oxygens (including phenoxy) is 4. The number of aliphatic hydroxyl groups excluding tert-OH is 1. The first-order chi connectivity index (χ1) is 23.0. The van der Waals surface area contributed by atoms with Gasteiger partial charge in [0.15, 0.2) is 0 Å². The molecule has 0 bridgehead atoms. The van der Waals surface area contributed by atoms with Gasteiger partial charge >= 0.3 is 0 Å². The molecule has 250 valence electrons. The molecule has 0 aliphatic rings. The quantitative estimate of drug-likeness (QED) is 0.131. The molecular weight excluding hydrogens is 653 g/mol. The molecule has 0 aliphatic carbocycles. The predicted molar refractivity (Wildman–Crippen MR) is 180 cm³/mol. The van der Waals surface area contributed by atoms with Gasteiger partial charge in [-0.15, -0.1) is 0 Å². The van der Waals surface area contributed by atoms with E-state index in [0.29, 0.717) is 29.6 Å². The van der Waals surface area contributed by atoms with Gasteiger partial charge in [0.05, 0.1) is 25.7 Å². The molecule has 1 N–H and O–H groups in total. The van der Waals surface area contributed by atoms with Crippen LogP contribution in [-0.2, 0) is 26.3 Å². The van der Waals surface area contributed by atoms with Crippen LogP contribution >= 0.6 is 0 Å². The maximum Gasteiger partial charge on any atom is 0.206 e. The average molecular weight is 689 g/mol. The number of aliphatic hydroxyl groups is 1. The zero-order valence-corrected chi connectivity index (χ0v) is 28.1. The minimum absolute atomic E-state index is 0.0229. The molecule has 0 amide bonds. The second kappa shape index (κ2) is 15.4. The van der Waals surface area contributed by atoms with Gasteiger partial charge in [0.2, 0.25) is 19.7 Å². The second-order valence-electron chi connectivity index (χ2n) is 11.1. The number of rotatable bonds is 15. The lowest BCUT2D eigenvalue weighted by Crippen LogP contribution is -2.25. The minimum atomic E-state index is -3.77. The fourth-order valence-electron chi connectivity index (χ4n) is 4.56. The van der Waals surface area contributed by atoms with Crippen molar-refractivity contribution < 1.29 is 40.9 Å². The molecular formula is C37H36O9S2. The molecule has 48 heavy (non-hydrogen) atoms. The Morgan fingerprint density at radius 2 is 0.854 bits per heavy atom. The number of sulfone groups is 2. The molecule has 0 fully saturated rings. The summed E-state index contributed by atoms with van der Waals surface area (Å²) in [4.78, 5) is 0.475. The van der Waals surface area contributed by atoms with Gasteiger partial charge in [-0.25, -0.2) is 16.8 Å². The Morgan fingerprint density at radius 3 is 1.23 bits per heavy atom. The summed E-state index contributed by atoms with van der Waals surface area (Å²) >= 11 is 0. The fourth-order valence-corrected chi connectivity index (χ4v) is 7.08. The van der Waals surface area contributed by atoms with Crippen molar-refractivity contribution in [2.45, 2.75) is 52.2 Å². The first-order valence-electron chi connectivity index (χ1n) is 15.2. The Hall–Kier alpha value is -4.84. The molecule has 9 nitrogen and oxygen atoms in total. The monoisotopic (exact) mass is 688 g/mol. The summed E-state index contributed by atoms with van der Waals surface area (Å²) in [6.07, 6.45) is -1.03. The van der Waals surface area contributed by atoms with Crippen LogP contribution < -0.4 is 18.9 Å². The first-order valence-corrected chi connectivity index (χ1v) is 18.1. The highest BCUT2D eigenvalue weighted by Crippen LogP contribution is 2.27. The number of benzene rings is 5. The molecule has 5 rings (SSSR count). The standard InChI is InChI=1S/C37H36O9S2/c1-27(2)46-33-14-22-37(23-15-33)48(41,42)36-20-12-32(13-21-36)45-26-29(38)25-44-31-10-18-35(19-11-31)47(39,40)34-16-8-30(9-17-34)43-24-28-6-4-3-5-7-28/h3-23,27,29,38H,24-26H2,1-2H3. The van der Waals surface area contributed by atoms with Gasteiger partial charge in [0.25, 0.3) is 0 Å². The molecule has 1 atom stereocenters. The second-order valence-corrected chi connectivity index (χ2v) is 15.0. The summed E-state index contributed by atoms with van der Waals surface area (Å²) < 4.78 is 74.9. The lowest BCUT2D eigenvalue weighted by Gasteiger charge is -2.14. The van der Waals surface area contributed by atoms with Gasteiger partial charge in [0, 0.05) is 0 Å². The van der Waals surface area contributed by atoms with Crippen LogP contribution in [0.1, 0.15) is 19.4 Å². The van der Waals surface area contributed by atoms with Gasteiger partial charge in [-0.2, -0.15) is 0 Å². The third-order valence-electron chi connectivity index (χ3n) is 7.04. The molecule has 0 aliphatic heterocycles. The molecule has 0 saturated heterocycles. The molecule has 0 spiro atoms. The highest BCUT2D eigenvalue weighted by molar-refractivity contribution is 7.91. The Bertz CT molecular complexity index is 1980. The van der Waals surface area contributed by atoms with Gasteiger partial charge in [-0.1, -0.05) is 30.3 Å². The summed E-state index contributed by atoms with van der Waals surface area (Å²) in [6.45, 7) is 3.93. The van der Waals surface area contributed by atoms with Crippen LogP contribution in [0.25, 0.3) is 0 Å². The van der Waals surface area contributed by atoms with Crippen LogP contribution in [0, 0.1) is 0 Å². The van der Waals surface area contributed by atoms with Crippen LogP contribution in [0.4, 0.5) is 0 Å². The van der Waals surface area contributed by atoms with E-state index < -0.39 is 25.8 Å². The Morgan fingerprint density at radius 1 is 0.500 bits per heavy atom. The van der Waals surface area contributed by atoms with Crippen molar-refractivity contribution in [1.82, 2.24) is 0 Å². The molecule has 0 aromatic heterocycles. The summed E-state index contributed by atoms with van der Waals surface area (Å²) in [5, 5.41) is 10.4. The maximum atomic E-state index is 13.1. The zero-order valence-electron chi connectivity index (χ0n) is 26.4.